The van der Waals surface area contributed by atoms with Crippen LogP contribution in [0.2, 0.25) is 0 Å². The van der Waals surface area contributed by atoms with Gasteiger partial charge in [-0.15, -0.1) is 0 Å². The van der Waals surface area contributed by atoms with E-state index >= 15 is 0 Å². The van der Waals surface area contributed by atoms with E-state index in [9.17, 15) is 22.8 Å². The minimum absolute atomic E-state index is 0.00872. The standard InChI is InChI=1S/C31H28F3N5O5/c1-2-38-9-11-39(12-10-38)15-18-4-3-17(13-22(18)31(32,33)34)29(40)36-26-25-20-14-19(5-6-23(20)44-27(25)26)43-24-7-8-35-28-21(24)16-42-30(41)37-28/h3-8,13-14,27H,2,9-12,15-16H2,1H3,(H,36,40)(H,35,37,41). The molecule has 44 heavy (non-hydrogen) atoms. The fourth-order valence-corrected chi connectivity index (χ4v) is 5.78. The number of ether oxygens (including phenoxy) is 3. The minimum atomic E-state index is -4.60. The molecule has 4 heterocycles. The molecule has 2 amide bonds. The van der Waals surface area contributed by atoms with Gasteiger partial charge in [-0.25, -0.2) is 9.78 Å². The summed E-state index contributed by atoms with van der Waals surface area (Å²) in [5, 5.41) is 5.27. The van der Waals surface area contributed by atoms with Crippen molar-refractivity contribution in [3.8, 4) is 17.2 Å². The molecule has 3 aliphatic heterocycles. The van der Waals surface area contributed by atoms with Gasteiger partial charge in [-0.1, -0.05) is 13.0 Å². The summed E-state index contributed by atoms with van der Waals surface area (Å²) in [5.41, 5.74) is 1.81. The number of piperazine rings is 1. The largest absolute Gasteiger partial charge is 0.479 e. The van der Waals surface area contributed by atoms with Crippen LogP contribution in [-0.2, 0) is 24.1 Å². The number of benzene rings is 2. The molecule has 0 spiro atoms. The molecule has 1 unspecified atom stereocenters. The van der Waals surface area contributed by atoms with Crippen LogP contribution in [-0.4, -0.2) is 65.6 Å². The molecule has 0 radical (unpaired) electrons. The smallest absolute Gasteiger partial charge is 0.416 e. The molecule has 2 aromatic carbocycles. The van der Waals surface area contributed by atoms with E-state index in [-0.39, 0.29) is 24.3 Å². The predicted molar refractivity (Wildman–Crippen MR) is 152 cm³/mol. The molecule has 3 aromatic rings. The number of halogens is 3. The first-order valence-corrected chi connectivity index (χ1v) is 14.3. The van der Waals surface area contributed by atoms with Crippen molar-refractivity contribution in [3.63, 3.8) is 0 Å². The third-order valence-electron chi connectivity index (χ3n) is 8.26. The Morgan fingerprint density at radius 3 is 2.68 bits per heavy atom. The highest BCUT2D eigenvalue weighted by Crippen LogP contribution is 2.52. The van der Waals surface area contributed by atoms with Crippen molar-refractivity contribution in [1.29, 1.82) is 0 Å². The zero-order valence-corrected chi connectivity index (χ0v) is 23.7. The molecular formula is C31H28F3N5O5. The number of rotatable bonds is 7. The van der Waals surface area contributed by atoms with Crippen LogP contribution in [0.1, 0.15) is 39.5 Å². The maximum absolute atomic E-state index is 14.1. The molecule has 13 heteroatoms. The third-order valence-corrected chi connectivity index (χ3v) is 8.26. The van der Waals surface area contributed by atoms with Gasteiger partial charge in [-0.2, -0.15) is 13.2 Å². The zero-order valence-electron chi connectivity index (χ0n) is 23.7. The summed E-state index contributed by atoms with van der Waals surface area (Å²) < 4.78 is 59.2. The first-order valence-electron chi connectivity index (χ1n) is 14.3. The van der Waals surface area contributed by atoms with Crippen molar-refractivity contribution in [2.45, 2.75) is 32.4 Å². The Kier molecular flexibility index (Phi) is 6.93. The van der Waals surface area contributed by atoms with Gasteiger partial charge < -0.3 is 24.4 Å². The van der Waals surface area contributed by atoms with Crippen LogP contribution >= 0.6 is 0 Å². The number of pyridine rings is 1. The van der Waals surface area contributed by atoms with Gasteiger partial charge in [0.2, 0.25) is 0 Å². The number of carbonyl (C=O) groups excluding carboxylic acids is 2. The van der Waals surface area contributed by atoms with E-state index in [1.165, 1.54) is 18.3 Å². The molecule has 2 N–H and O–H groups in total. The Hall–Kier alpha value is -4.62. The average molecular weight is 608 g/mol. The first-order chi connectivity index (χ1) is 21.2. The molecule has 0 saturated carbocycles. The van der Waals surface area contributed by atoms with E-state index in [0.717, 1.165) is 31.3 Å². The highest BCUT2D eigenvalue weighted by Gasteiger charge is 2.48. The van der Waals surface area contributed by atoms with Crippen molar-refractivity contribution in [2.24, 2.45) is 0 Å². The number of anilines is 1. The lowest BCUT2D eigenvalue weighted by molar-refractivity contribution is -0.138. The van der Waals surface area contributed by atoms with E-state index < -0.39 is 29.8 Å². The monoisotopic (exact) mass is 607 g/mol. The average Bonchev–Trinajstić information content (AvgIpc) is 3.53. The lowest BCUT2D eigenvalue weighted by atomic mass is 10.0. The quantitative estimate of drug-likeness (QED) is 0.387. The van der Waals surface area contributed by atoms with Crippen molar-refractivity contribution >= 4 is 23.4 Å². The zero-order chi connectivity index (χ0) is 30.6. The minimum Gasteiger partial charge on any atom is -0.479 e. The molecule has 7 rings (SSSR count). The van der Waals surface area contributed by atoms with Gasteiger partial charge in [0.1, 0.15) is 29.7 Å². The Labute approximate surface area is 250 Å². The number of hydrogen-bond acceptors (Lipinski definition) is 8. The van der Waals surface area contributed by atoms with E-state index in [1.807, 2.05) is 4.90 Å². The SMILES string of the molecule is CCN1CCN(Cc2ccc(C(=O)NC3=C4c5cc(Oc6ccnc7c6COC(=O)N7)ccc5OC34)cc2C(F)(F)F)CC1. The number of carbonyl (C=O) groups is 2. The number of aromatic nitrogens is 1. The Morgan fingerprint density at radius 2 is 1.91 bits per heavy atom. The highest BCUT2D eigenvalue weighted by atomic mass is 19.4. The predicted octanol–water partition coefficient (Wildman–Crippen LogP) is 5.01. The fraction of sp³-hybridized carbons (Fsp3) is 0.323. The molecule has 1 aliphatic carbocycles. The van der Waals surface area contributed by atoms with Crippen molar-refractivity contribution < 1.29 is 37.0 Å². The number of nitrogens with zero attached hydrogens (tertiary/aromatic N) is 3. The Balaban J connectivity index is 1.07. The van der Waals surface area contributed by atoms with Gasteiger partial charge in [0, 0.05) is 55.6 Å². The summed E-state index contributed by atoms with van der Waals surface area (Å²) in [7, 11) is 0. The summed E-state index contributed by atoms with van der Waals surface area (Å²) in [6.45, 7) is 6.18. The molecule has 1 fully saturated rings. The summed E-state index contributed by atoms with van der Waals surface area (Å²) in [4.78, 5) is 33.0. The molecule has 1 aromatic heterocycles. The second kappa shape index (κ2) is 10.8. The van der Waals surface area contributed by atoms with Crippen LogP contribution in [0.4, 0.5) is 23.8 Å². The lowest BCUT2D eigenvalue weighted by Crippen LogP contribution is -2.45. The van der Waals surface area contributed by atoms with Crippen molar-refractivity contribution in [3.05, 3.63) is 82.2 Å². The van der Waals surface area contributed by atoms with Crippen LogP contribution in [0, 0.1) is 0 Å². The van der Waals surface area contributed by atoms with E-state index in [1.54, 1.807) is 24.3 Å². The molecule has 228 valence electrons. The normalized spacial score (nSPS) is 19.3. The Morgan fingerprint density at radius 1 is 1.11 bits per heavy atom. The summed E-state index contributed by atoms with van der Waals surface area (Å²) in [5.74, 6) is 1.25. The Bertz CT molecular complexity index is 1700. The van der Waals surface area contributed by atoms with Crippen LogP contribution in [0.5, 0.6) is 17.2 Å². The van der Waals surface area contributed by atoms with Crippen LogP contribution in [0.15, 0.2) is 54.4 Å². The number of cyclic esters (lactones) is 1. The topological polar surface area (TPSA) is 105 Å². The number of likely N-dealkylation sites (N-methyl/N-ethyl adjacent to an activating group) is 1. The molecule has 4 aliphatic rings. The van der Waals surface area contributed by atoms with Crippen molar-refractivity contribution in [1.82, 2.24) is 20.1 Å². The summed E-state index contributed by atoms with van der Waals surface area (Å²) in [6, 6.07) is 10.6. The van der Waals surface area contributed by atoms with Gasteiger partial charge in [-0.05, 0) is 48.5 Å². The number of amides is 2. The van der Waals surface area contributed by atoms with Gasteiger partial charge in [0.25, 0.3) is 5.91 Å². The first kappa shape index (κ1) is 28.2. The maximum Gasteiger partial charge on any atom is 0.416 e. The number of alkyl halides is 3. The van der Waals surface area contributed by atoms with Gasteiger partial charge in [0.05, 0.1) is 16.8 Å². The molecule has 1 saturated heterocycles. The fourth-order valence-electron chi connectivity index (χ4n) is 5.78. The van der Waals surface area contributed by atoms with Gasteiger partial charge in [-0.3, -0.25) is 15.0 Å². The number of fused-ring (bicyclic) bond motifs is 4. The van der Waals surface area contributed by atoms with Crippen LogP contribution < -0.4 is 20.1 Å². The highest BCUT2D eigenvalue weighted by molar-refractivity contribution is 6.02. The molecular weight excluding hydrogens is 579 g/mol. The number of hydrogen-bond donors (Lipinski definition) is 2. The molecule has 1 atom stereocenters. The molecule has 10 nitrogen and oxygen atoms in total. The second-order valence-electron chi connectivity index (χ2n) is 11.0. The van der Waals surface area contributed by atoms with Gasteiger partial charge >= 0.3 is 12.3 Å². The number of nitrogens with one attached hydrogen (secondary N) is 2. The van der Waals surface area contributed by atoms with E-state index in [2.05, 4.69) is 27.4 Å². The third kappa shape index (κ3) is 5.33. The summed E-state index contributed by atoms with van der Waals surface area (Å²) in [6.07, 6.45) is -4.17. The van der Waals surface area contributed by atoms with E-state index in [0.29, 0.717) is 53.0 Å². The second-order valence-corrected chi connectivity index (χ2v) is 11.0. The molecule has 0 bridgehead atoms. The van der Waals surface area contributed by atoms with Crippen LogP contribution in [0.3, 0.4) is 0 Å². The van der Waals surface area contributed by atoms with Crippen molar-refractivity contribution in [2.75, 3.05) is 38.0 Å². The maximum atomic E-state index is 14.1. The van der Waals surface area contributed by atoms with Crippen LogP contribution in [0.25, 0.3) is 5.57 Å². The summed E-state index contributed by atoms with van der Waals surface area (Å²) >= 11 is 0. The van der Waals surface area contributed by atoms with Gasteiger partial charge in [0.15, 0.2) is 6.10 Å². The van der Waals surface area contributed by atoms with E-state index in [4.69, 9.17) is 14.2 Å². The lowest BCUT2D eigenvalue weighted by Gasteiger charge is -2.34.